The van der Waals surface area contributed by atoms with E-state index in [0.717, 1.165) is 22.3 Å². The van der Waals surface area contributed by atoms with Gasteiger partial charge in [0.1, 0.15) is 115 Å². The number of phenols is 3. The van der Waals surface area contributed by atoms with Crippen LogP contribution in [0.4, 0.5) is 0 Å². The summed E-state index contributed by atoms with van der Waals surface area (Å²) in [4.78, 5) is 24.5. The van der Waals surface area contributed by atoms with Crippen LogP contribution in [0.3, 0.4) is 0 Å². The Hall–Kier alpha value is -7.46. The van der Waals surface area contributed by atoms with Gasteiger partial charge in [0.05, 0.1) is 10.9 Å². The van der Waals surface area contributed by atoms with Gasteiger partial charge in [0.2, 0.25) is 0 Å². The molecule has 3 N–H and O–H groups in total. The van der Waals surface area contributed by atoms with Gasteiger partial charge in [-0.1, -0.05) is 141 Å². The van der Waals surface area contributed by atoms with Crippen molar-refractivity contribution in [1.29, 1.82) is 0 Å². The summed E-state index contributed by atoms with van der Waals surface area (Å²) >= 11 is 0. The number of benzene rings is 7. The molecule has 0 aliphatic rings. The molecule has 0 bridgehead atoms. The molecule has 0 aliphatic heterocycles. The predicted octanol–water partition coefficient (Wildman–Crippen LogP) is -1.92. The number of aromatic nitrogens is 5. The van der Waals surface area contributed by atoms with Crippen LogP contribution in [0.15, 0.2) is 108 Å². The monoisotopic (exact) mass is 863 g/mol. The van der Waals surface area contributed by atoms with Crippen molar-refractivity contribution >= 4 is 168 Å². The molecule has 10 aromatic rings. The van der Waals surface area contributed by atoms with E-state index in [1.54, 1.807) is 18.2 Å². The van der Waals surface area contributed by atoms with Gasteiger partial charge in [0, 0.05) is 22.3 Å². The highest BCUT2D eigenvalue weighted by atomic mass is 16.3. The van der Waals surface area contributed by atoms with Gasteiger partial charge in [-0.3, -0.25) is 0 Å². The maximum absolute atomic E-state index is 11.4. The van der Waals surface area contributed by atoms with Crippen molar-refractivity contribution < 1.29 is 19.7 Å². The van der Waals surface area contributed by atoms with Gasteiger partial charge in [-0.05, 0) is 33.8 Å². The zero-order chi connectivity index (χ0) is 48.7. The van der Waals surface area contributed by atoms with E-state index in [2.05, 4.69) is 4.98 Å². The van der Waals surface area contributed by atoms with E-state index in [1.165, 1.54) is 0 Å². The zero-order valence-electron chi connectivity index (χ0n) is 36.2. The summed E-state index contributed by atoms with van der Waals surface area (Å²) in [5.41, 5.74) is 2.26. The quantitative estimate of drug-likeness (QED) is 0.124. The van der Waals surface area contributed by atoms with E-state index in [0.29, 0.717) is 39.2 Å². The normalized spacial score (nSPS) is 11.4. The van der Waals surface area contributed by atoms with E-state index in [-0.39, 0.29) is 99.8 Å². The van der Waals surface area contributed by atoms with Crippen molar-refractivity contribution in [2.75, 3.05) is 0 Å². The third-order valence-corrected chi connectivity index (χ3v) is 12.1. The number of fused-ring (bicyclic) bond motifs is 3. The number of nitrogens with zero attached hydrogens (tertiary/aromatic N) is 5. The molecule has 22 radical (unpaired) electrons. The third-order valence-electron chi connectivity index (χ3n) is 12.1. The Morgan fingerprint density at radius 1 is 0.333 bits per heavy atom. The van der Waals surface area contributed by atoms with E-state index in [4.69, 9.17) is 111 Å². The number of phenolic OH excluding ortho intramolecular Hbond substituents is 3. The molecule has 0 saturated heterocycles. The van der Waals surface area contributed by atoms with Crippen molar-refractivity contribution in [1.82, 2.24) is 24.9 Å². The number of furan rings is 1. The summed E-state index contributed by atoms with van der Waals surface area (Å²) in [6.07, 6.45) is 0. The first-order valence-electron chi connectivity index (χ1n) is 20.9. The fourth-order valence-electron chi connectivity index (χ4n) is 8.39. The molecule has 3 heterocycles. The van der Waals surface area contributed by atoms with Crippen LogP contribution in [0.5, 0.6) is 17.2 Å². The minimum absolute atomic E-state index is 0.0598. The Kier molecular flexibility index (Phi) is 11.3. The van der Waals surface area contributed by atoms with E-state index >= 15 is 0 Å². The summed E-state index contributed by atoms with van der Waals surface area (Å²) in [6, 6.07) is 32.6. The lowest BCUT2D eigenvalue weighted by Crippen LogP contribution is -2.50. The van der Waals surface area contributed by atoms with Crippen LogP contribution in [0, 0.1) is 0 Å². The summed E-state index contributed by atoms with van der Waals surface area (Å²) < 4.78 is 6.64. The van der Waals surface area contributed by atoms with E-state index < -0.39 is 17.2 Å². The minimum Gasteiger partial charge on any atom is -0.509 e. The second-order valence-electron chi connectivity index (χ2n) is 16.1. The second-order valence-corrected chi connectivity index (χ2v) is 16.1. The van der Waals surface area contributed by atoms with Crippen molar-refractivity contribution in [2.45, 2.75) is 0 Å². The lowest BCUT2D eigenvalue weighted by Gasteiger charge is -2.27. The van der Waals surface area contributed by atoms with Crippen molar-refractivity contribution in [3.63, 3.8) is 0 Å². The average Bonchev–Trinajstić information content (AvgIpc) is 3.76. The molecule has 7 aromatic carbocycles. The Labute approximate surface area is 410 Å². The SMILES string of the molecule is [B]c1c([B])c(O)c([B])c(-c2c([B])c([B])c(-c3nc(-c4c([B])c([B])c([B])c(O)c4O)nc(-c4cccc5oc6c(-c7ccc(-c8ccccc8)cc7)nc(-c7ccccc7)nc6c45)n3)c([B])c2[B])c1[B]. The molecule has 69 heavy (non-hydrogen) atoms. The second kappa shape index (κ2) is 17.3. The topological polar surface area (TPSA) is 138 Å². The molecule has 0 unspecified atom stereocenters. The van der Waals surface area contributed by atoms with Crippen LogP contribution >= 0.6 is 0 Å². The number of rotatable bonds is 7. The molecule has 10 rings (SSSR count). The Morgan fingerprint density at radius 3 is 1.43 bits per heavy atom. The molecule has 0 aliphatic carbocycles. The van der Waals surface area contributed by atoms with Crippen molar-refractivity contribution in [3.05, 3.63) is 103 Å². The van der Waals surface area contributed by atoms with Crippen LogP contribution in [0.2, 0.25) is 0 Å². The number of hydrogen-bond acceptors (Lipinski definition) is 9. The summed E-state index contributed by atoms with van der Waals surface area (Å²) in [7, 11) is 70.6. The maximum atomic E-state index is 11.4. The highest BCUT2D eigenvalue weighted by Gasteiger charge is 2.28. The fourth-order valence-corrected chi connectivity index (χ4v) is 8.39. The van der Waals surface area contributed by atoms with Crippen LogP contribution in [0.25, 0.3) is 101 Å². The van der Waals surface area contributed by atoms with Gasteiger partial charge >= 0.3 is 0 Å². The predicted molar refractivity (Wildman–Crippen MR) is 285 cm³/mol. The van der Waals surface area contributed by atoms with Crippen LogP contribution in [-0.2, 0) is 0 Å². The largest absolute Gasteiger partial charge is 0.509 e. The molecule has 0 atom stereocenters. The summed E-state index contributed by atoms with van der Waals surface area (Å²) in [5.74, 6) is -2.37. The first-order chi connectivity index (χ1) is 33.1. The van der Waals surface area contributed by atoms with Crippen LogP contribution in [0.1, 0.15) is 0 Å². The minimum atomic E-state index is -0.792. The van der Waals surface area contributed by atoms with Crippen LogP contribution < -0.4 is 60.1 Å². The fraction of sp³-hybridized carbons (Fsp3) is 0. The molecule has 0 fully saturated rings. The number of aromatic hydroxyl groups is 3. The van der Waals surface area contributed by atoms with Gasteiger partial charge in [0.25, 0.3) is 0 Å². The van der Waals surface area contributed by atoms with Crippen LogP contribution in [-0.4, -0.2) is 127 Å². The smallest absolute Gasteiger partial charge is 0.180 e. The molecule has 0 amide bonds. The van der Waals surface area contributed by atoms with E-state index in [9.17, 15) is 15.3 Å². The highest BCUT2D eigenvalue weighted by Crippen LogP contribution is 2.41. The zero-order valence-corrected chi connectivity index (χ0v) is 36.2. The highest BCUT2D eigenvalue weighted by molar-refractivity contribution is 6.67. The van der Waals surface area contributed by atoms with Gasteiger partial charge in [-0.25, -0.2) is 24.9 Å². The maximum Gasteiger partial charge on any atom is 0.180 e. The summed E-state index contributed by atoms with van der Waals surface area (Å²) in [6.45, 7) is 0. The molecule has 3 aromatic heterocycles. The lowest BCUT2D eigenvalue weighted by molar-refractivity contribution is 0.408. The first-order valence-corrected chi connectivity index (χ1v) is 20.9. The molecular weight excluding hydrogens is 842 g/mol. The van der Waals surface area contributed by atoms with Gasteiger partial charge in [-0.15, -0.1) is 10.9 Å². The van der Waals surface area contributed by atoms with Crippen molar-refractivity contribution in [3.8, 4) is 96.3 Å². The van der Waals surface area contributed by atoms with Crippen molar-refractivity contribution in [2.24, 2.45) is 0 Å². The molecular formula is C49H20B11N5O4. The summed E-state index contributed by atoms with van der Waals surface area (Å²) in [5, 5.41) is 33.6. The van der Waals surface area contributed by atoms with E-state index in [1.807, 2.05) is 84.9 Å². The first kappa shape index (κ1) is 45.3. The third kappa shape index (κ3) is 7.30. The lowest BCUT2D eigenvalue weighted by atomic mass is 9.58. The molecule has 20 heteroatoms. The number of hydrogen-bond donors (Lipinski definition) is 3. The van der Waals surface area contributed by atoms with Gasteiger partial charge in [-0.2, -0.15) is 0 Å². The Morgan fingerprint density at radius 2 is 0.812 bits per heavy atom. The van der Waals surface area contributed by atoms with Gasteiger partial charge < -0.3 is 19.7 Å². The molecule has 0 spiro atoms. The standard InChI is InChI=1S/C49H20B11N5O4/c50-29-25(26-31(52)36(57)38(59)43(67)35(26)56)30(51)33(54)27(32(29)53)48-63-47(64-49(65-48)28-34(55)37(58)39(60)44(68)42(28)66)22-12-7-13-23-24(22)41-45(69-23)40(61-46(62-41)21-10-5-2-6-11-21)20-16-14-19(15-17-20)18-8-3-1-4-9-18/h1-17,66-68H. The Balaban J connectivity index is 1.26. The molecule has 0 saturated carbocycles. The molecule has 298 valence electrons. The van der Waals surface area contributed by atoms with Gasteiger partial charge in [0.15, 0.2) is 34.6 Å². The molecule has 9 nitrogen and oxygen atoms in total. The average molecular weight is 862 g/mol. The Bertz CT molecular complexity index is 3700.